The lowest BCUT2D eigenvalue weighted by molar-refractivity contribution is -0.274. The van der Waals surface area contributed by atoms with E-state index < -0.39 is 18.0 Å². The summed E-state index contributed by atoms with van der Waals surface area (Å²) in [5.74, 6) is -1.37. The maximum atomic E-state index is 11.9. The van der Waals surface area contributed by atoms with Gasteiger partial charge in [0.15, 0.2) is 0 Å². The van der Waals surface area contributed by atoms with Crippen molar-refractivity contribution in [1.29, 1.82) is 0 Å². The van der Waals surface area contributed by atoms with Crippen LogP contribution < -0.4 is 16.2 Å². The van der Waals surface area contributed by atoms with E-state index in [2.05, 4.69) is 20.7 Å². The van der Waals surface area contributed by atoms with Gasteiger partial charge < -0.3 is 16.2 Å². The molecule has 0 saturated carbocycles. The summed E-state index contributed by atoms with van der Waals surface area (Å²) in [6.07, 6.45) is -4.82. The van der Waals surface area contributed by atoms with Crippen molar-refractivity contribution in [3.05, 3.63) is 22.2 Å². The van der Waals surface area contributed by atoms with Crippen molar-refractivity contribution < 1.29 is 22.7 Å². The van der Waals surface area contributed by atoms with Crippen molar-refractivity contribution >= 4 is 27.5 Å². The van der Waals surface area contributed by atoms with Gasteiger partial charge in [-0.25, -0.2) is 0 Å². The standard InChI is InChI=1S/C8H6BrF3N2O2/c9-4-1-3(16-8(10,11)12)2-5(13)6(4)7(14)15/h1-2H,13H2,(H2,14,15). The van der Waals surface area contributed by atoms with Crippen LogP contribution in [0.25, 0.3) is 0 Å². The Labute approximate surface area is 96.5 Å². The van der Waals surface area contributed by atoms with Crippen molar-refractivity contribution in [3.8, 4) is 5.75 Å². The van der Waals surface area contributed by atoms with E-state index >= 15 is 0 Å². The number of hydrogen-bond donors (Lipinski definition) is 2. The summed E-state index contributed by atoms with van der Waals surface area (Å²) < 4.78 is 39.4. The van der Waals surface area contributed by atoms with Gasteiger partial charge in [-0.05, 0) is 22.0 Å². The second-order valence-electron chi connectivity index (χ2n) is 2.78. The fourth-order valence-corrected chi connectivity index (χ4v) is 1.70. The van der Waals surface area contributed by atoms with Gasteiger partial charge in [0.05, 0.1) is 5.56 Å². The highest BCUT2D eigenvalue weighted by Crippen LogP contribution is 2.31. The molecular formula is C8H6BrF3N2O2. The van der Waals surface area contributed by atoms with Gasteiger partial charge in [0.2, 0.25) is 0 Å². The molecule has 0 aromatic heterocycles. The first kappa shape index (κ1) is 12.6. The molecule has 0 heterocycles. The predicted molar refractivity (Wildman–Crippen MR) is 53.8 cm³/mol. The largest absolute Gasteiger partial charge is 0.573 e. The van der Waals surface area contributed by atoms with Crippen LogP contribution in [0.5, 0.6) is 5.75 Å². The molecule has 0 radical (unpaired) electrons. The molecule has 0 aliphatic carbocycles. The number of primary amides is 1. The van der Waals surface area contributed by atoms with E-state index in [0.29, 0.717) is 0 Å². The van der Waals surface area contributed by atoms with E-state index in [4.69, 9.17) is 11.5 Å². The second-order valence-corrected chi connectivity index (χ2v) is 3.64. The van der Waals surface area contributed by atoms with Crippen LogP contribution >= 0.6 is 15.9 Å². The average molecular weight is 299 g/mol. The minimum Gasteiger partial charge on any atom is -0.406 e. The highest BCUT2D eigenvalue weighted by Gasteiger charge is 2.31. The molecule has 16 heavy (non-hydrogen) atoms. The van der Waals surface area contributed by atoms with Crippen LogP contribution in [0.4, 0.5) is 18.9 Å². The number of anilines is 1. The Morgan fingerprint density at radius 3 is 2.31 bits per heavy atom. The average Bonchev–Trinajstić information content (AvgIpc) is 1.96. The smallest absolute Gasteiger partial charge is 0.406 e. The van der Waals surface area contributed by atoms with Crippen LogP contribution in [0, 0.1) is 0 Å². The van der Waals surface area contributed by atoms with E-state index in [1.807, 2.05) is 0 Å². The van der Waals surface area contributed by atoms with Crippen molar-refractivity contribution in [3.63, 3.8) is 0 Å². The maximum Gasteiger partial charge on any atom is 0.573 e. The third-order valence-electron chi connectivity index (χ3n) is 1.57. The minimum atomic E-state index is -4.82. The molecular weight excluding hydrogens is 293 g/mol. The molecule has 4 nitrogen and oxygen atoms in total. The zero-order valence-corrected chi connectivity index (χ0v) is 9.22. The molecule has 0 bridgehead atoms. The first-order valence-corrected chi connectivity index (χ1v) is 4.64. The lowest BCUT2D eigenvalue weighted by atomic mass is 10.1. The van der Waals surface area contributed by atoms with E-state index in [1.54, 1.807) is 0 Å². The summed E-state index contributed by atoms with van der Waals surface area (Å²) in [7, 11) is 0. The Bertz CT molecular complexity index is 411. The zero-order chi connectivity index (χ0) is 12.5. The number of carbonyl (C=O) groups is 1. The van der Waals surface area contributed by atoms with Crippen LogP contribution in [-0.2, 0) is 0 Å². The third kappa shape index (κ3) is 3.02. The lowest BCUT2D eigenvalue weighted by Crippen LogP contribution is -2.18. The number of alkyl halides is 3. The van der Waals surface area contributed by atoms with E-state index in [0.717, 1.165) is 12.1 Å². The Morgan fingerprint density at radius 2 is 1.94 bits per heavy atom. The highest BCUT2D eigenvalue weighted by atomic mass is 79.9. The number of halogens is 4. The van der Waals surface area contributed by atoms with Crippen molar-refractivity contribution in [1.82, 2.24) is 0 Å². The van der Waals surface area contributed by atoms with Gasteiger partial charge in [0, 0.05) is 16.2 Å². The van der Waals surface area contributed by atoms with Gasteiger partial charge in [-0.15, -0.1) is 13.2 Å². The van der Waals surface area contributed by atoms with Gasteiger partial charge in [0.1, 0.15) is 5.75 Å². The van der Waals surface area contributed by atoms with Gasteiger partial charge >= 0.3 is 6.36 Å². The summed E-state index contributed by atoms with van der Waals surface area (Å²) in [4.78, 5) is 10.9. The molecule has 1 aromatic carbocycles. The monoisotopic (exact) mass is 298 g/mol. The Kier molecular flexibility index (Phi) is 3.32. The van der Waals surface area contributed by atoms with Crippen molar-refractivity contribution in [2.75, 3.05) is 5.73 Å². The molecule has 1 rings (SSSR count). The van der Waals surface area contributed by atoms with Gasteiger partial charge in [-0.1, -0.05) is 0 Å². The van der Waals surface area contributed by atoms with Crippen molar-refractivity contribution in [2.24, 2.45) is 5.73 Å². The Morgan fingerprint density at radius 1 is 1.38 bits per heavy atom. The SMILES string of the molecule is NC(=O)c1c(N)cc(OC(F)(F)F)cc1Br. The van der Waals surface area contributed by atoms with Gasteiger partial charge in [0.25, 0.3) is 5.91 Å². The first-order chi connectivity index (χ1) is 7.20. The normalized spacial score (nSPS) is 11.2. The molecule has 0 unspecified atom stereocenters. The molecule has 0 saturated heterocycles. The Balaban J connectivity index is 3.15. The van der Waals surface area contributed by atoms with Gasteiger partial charge in [-0.3, -0.25) is 4.79 Å². The number of benzene rings is 1. The number of hydrogen-bond acceptors (Lipinski definition) is 3. The van der Waals surface area contributed by atoms with Gasteiger partial charge in [-0.2, -0.15) is 0 Å². The lowest BCUT2D eigenvalue weighted by Gasteiger charge is -2.11. The summed E-state index contributed by atoms with van der Waals surface area (Å²) in [6, 6.07) is 1.84. The molecule has 0 fully saturated rings. The summed E-state index contributed by atoms with van der Waals surface area (Å²) in [5.41, 5.74) is 10.1. The topological polar surface area (TPSA) is 78.3 Å². The van der Waals surface area contributed by atoms with E-state index in [1.165, 1.54) is 0 Å². The fourth-order valence-electron chi connectivity index (χ4n) is 1.05. The predicted octanol–water partition coefficient (Wildman–Crippen LogP) is 2.03. The number of nitrogens with two attached hydrogens (primary N) is 2. The van der Waals surface area contributed by atoms with Crippen LogP contribution in [0.15, 0.2) is 16.6 Å². The molecule has 0 aliphatic heterocycles. The molecule has 8 heteroatoms. The number of amides is 1. The number of rotatable bonds is 2. The van der Waals surface area contributed by atoms with Crippen molar-refractivity contribution in [2.45, 2.75) is 6.36 Å². The van der Waals surface area contributed by atoms with E-state index in [9.17, 15) is 18.0 Å². The summed E-state index contributed by atoms with van der Waals surface area (Å²) in [6.45, 7) is 0. The number of ether oxygens (including phenoxy) is 1. The van der Waals surface area contributed by atoms with Crippen LogP contribution in [0.1, 0.15) is 10.4 Å². The first-order valence-electron chi connectivity index (χ1n) is 3.85. The number of nitrogen functional groups attached to an aromatic ring is 1. The summed E-state index contributed by atoms with van der Waals surface area (Å²) in [5, 5.41) is 0. The molecule has 4 N–H and O–H groups in total. The Hall–Kier alpha value is -1.44. The van der Waals surface area contributed by atoms with Crippen LogP contribution in [0.3, 0.4) is 0 Å². The molecule has 88 valence electrons. The second kappa shape index (κ2) is 4.20. The third-order valence-corrected chi connectivity index (χ3v) is 2.20. The maximum absolute atomic E-state index is 11.9. The van der Waals surface area contributed by atoms with Crippen LogP contribution in [0.2, 0.25) is 0 Å². The molecule has 1 aromatic rings. The quantitative estimate of drug-likeness (QED) is 0.820. The molecule has 0 aliphatic rings. The molecule has 0 spiro atoms. The molecule has 1 amide bonds. The van der Waals surface area contributed by atoms with E-state index in [-0.39, 0.29) is 15.7 Å². The zero-order valence-electron chi connectivity index (χ0n) is 7.64. The summed E-state index contributed by atoms with van der Waals surface area (Å²) >= 11 is 2.88. The molecule has 0 atom stereocenters. The highest BCUT2D eigenvalue weighted by molar-refractivity contribution is 9.10. The minimum absolute atomic E-state index is 0.0410. The van der Waals surface area contributed by atoms with Crippen LogP contribution in [-0.4, -0.2) is 12.3 Å². The fraction of sp³-hybridized carbons (Fsp3) is 0.125. The number of carbonyl (C=O) groups excluding carboxylic acids is 1.